The largest absolute Gasteiger partial charge is 0.481 e. The topological polar surface area (TPSA) is 92.5 Å². The molecule has 0 fully saturated rings. The molecule has 0 saturated carbocycles. The molecule has 2 N–H and O–H groups in total. The molecule has 19 heavy (non-hydrogen) atoms. The van der Waals surface area contributed by atoms with E-state index >= 15 is 0 Å². The van der Waals surface area contributed by atoms with Crippen LogP contribution in [0.1, 0.15) is 12.8 Å². The summed E-state index contributed by atoms with van der Waals surface area (Å²) in [4.78, 5) is 20.3. The summed E-state index contributed by atoms with van der Waals surface area (Å²) in [5, 5.41) is 21.9. The van der Waals surface area contributed by atoms with Crippen LogP contribution in [0, 0.1) is 10.1 Å². The quantitative estimate of drug-likeness (QED) is 0.361. The number of benzene rings is 1. The van der Waals surface area contributed by atoms with E-state index in [1.54, 1.807) is 12.1 Å². The minimum atomic E-state index is -0.824. The van der Waals surface area contributed by atoms with Gasteiger partial charge in [0.1, 0.15) is 4.32 Å². The van der Waals surface area contributed by atoms with Crippen molar-refractivity contribution in [3.63, 3.8) is 0 Å². The first kappa shape index (κ1) is 15.4. The Bertz CT molecular complexity index is 476. The number of aliphatic carboxylic acids is 1. The van der Waals surface area contributed by atoms with Crippen molar-refractivity contribution >= 4 is 45.6 Å². The minimum absolute atomic E-state index is 0.0191. The van der Waals surface area contributed by atoms with Gasteiger partial charge in [0.05, 0.1) is 4.92 Å². The first-order valence-electron chi connectivity index (χ1n) is 5.39. The van der Waals surface area contributed by atoms with Crippen molar-refractivity contribution in [3.8, 4) is 0 Å². The van der Waals surface area contributed by atoms with Gasteiger partial charge in [-0.3, -0.25) is 14.9 Å². The second-order valence-corrected chi connectivity index (χ2v) is 5.33. The second kappa shape index (κ2) is 7.70. The highest BCUT2D eigenvalue weighted by Crippen LogP contribution is 2.17. The molecule has 0 aliphatic rings. The third-order valence-corrected chi connectivity index (χ3v) is 3.41. The van der Waals surface area contributed by atoms with Crippen molar-refractivity contribution in [1.29, 1.82) is 0 Å². The fourth-order valence-corrected chi connectivity index (χ4v) is 2.24. The Morgan fingerprint density at radius 1 is 1.42 bits per heavy atom. The number of nitrogens with zero attached hydrogens (tertiary/aromatic N) is 1. The van der Waals surface area contributed by atoms with Crippen molar-refractivity contribution in [3.05, 3.63) is 34.4 Å². The number of hydrogen-bond acceptors (Lipinski definition) is 5. The van der Waals surface area contributed by atoms with Crippen molar-refractivity contribution in [2.75, 3.05) is 11.1 Å². The van der Waals surface area contributed by atoms with Gasteiger partial charge in [-0.1, -0.05) is 24.0 Å². The number of thiocarbonyl (C=S) groups is 1. The molecule has 0 aliphatic heterocycles. The number of nitrogens with one attached hydrogen (secondary N) is 1. The summed E-state index contributed by atoms with van der Waals surface area (Å²) in [6, 6.07) is 5.92. The Balaban J connectivity index is 2.35. The SMILES string of the molecule is O=C(O)CCCSC(=S)Nc1ccc([N+](=O)[O-])cc1. The van der Waals surface area contributed by atoms with E-state index in [1.165, 1.54) is 23.9 Å². The van der Waals surface area contributed by atoms with Crippen LogP contribution in [0.5, 0.6) is 0 Å². The van der Waals surface area contributed by atoms with E-state index in [0.29, 0.717) is 22.2 Å². The zero-order valence-electron chi connectivity index (χ0n) is 9.87. The molecule has 1 rings (SSSR count). The molecule has 6 nitrogen and oxygen atoms in total. The third kappa shape index (κ3) is 6.16. The van der Waals surface area contributed by atoms with Gasteiger partial charge in [-0.15, -0.1) is 0 Å². The molecule has 0 spiro atoms. The van der Waals surface area contributed by atoms with Crippen molar-refractivity contribution in [2.24, 2.45) is 0 Å². The van der Waals surface area contributed by atoms with E-state index in [-0.39, 0.29) is 12.1 Å². The lowest BCUT2D eigenvalue weighted by Gasteiger charge is -2.06. The molecule has 0 bridgehead atoms. The fourth-order valence-electron chi connectivity index (χ4n) is 1.21. The Labute approximate surface area is 119 Å². The number of carboxylic acid groups (broad SMARTS) is 1. The Morgan fingerprint density at radius 3 is 2.58 bits per heavy atom. The van der Waals surface area contributed by atoms with Gasteiger partial charge in [-0.2, -0.15) is 0 Å². The number of carboxylic acids is 1. The summed E-state index contributed by atoms with van der Waals surface area (Å²) in [5.74, 6) is -0.208. The van der Waals surface area contributed by atoms with Gasteiger partial charge in [0.2, 0.25) is 0 Å². The van der Waals surface area contributed by atoms with Gasteiger partial charge in [0, 0.05) is 30.0 Å². The van der Waals surface area contributed by atoms with Crippen LogP contribution >= 0.6 is 24.0 Å². The standard InChI is InChI=1S/C11H12N2O4S2/c14-10(15)2-1-7-19-11(18)12-8-3-5-9(6-4-8)13(16)17/h3-6H,1-2,7H2,(H,12,18)(H,14,15). The zero-order valence-corrected chi connectivity index (χ0v) is 11.5. The molecule has 0 aromatic heterocycles. The molecule has 0 aliphatic carbocycles. The van der Waals surface area contributed by atoms with Crippen molar-refractivity contribution < 1.29 is 14.8 Å². The molecule has 0 saturated heterocycles. The van der Waals surface area contributed by atoms with Crippen LogP contribution in [0.4, 0.5) is 11.4 Å². The van der Waals surface area contributed by atoms with E-state index < -0.39 is 10.9 Å². The first-order valence-corrected chi connectivity index (χ1v) is 6.78. The monoisotopic (exact) mass is 300 g/mol. The maximum atomic E-state index is 10.5. The zero-order chi connectivity index (χ0) is 14.3. The lowest BCUT2D eigenvalue weighted by molar-refractivity contribution is -0.384. The second-order valence-electron chi connectivity index (χ2n) is 3.56. The van der Waals surface area contributed by atoms with Gasteiger partial charge in [0.15, 0.2) is 0 Å². The predicted molar refractivity (Wildman–Crippen MR) is 78.6 cm³/mol. The van der Waals surface area contributed by atoms with Gasteiger partial charge in [-0.25, -0.2) is 0 Å². The lowest BCUT2D eigenvalue weighted by atomic mass is 10.3. The lowest BCUT2D eigenvalue weighted by Crippen LogP contribution is -2.06. The molecule has 0 unspecified atom stereocenters. The predicted octanol–water partition coefficient (Wildman–Crippen LogP) is 2.89. The molecule has 102 valence electrons. The summed E-state index contributed by atoms with van der Waals surface area (Å²) >= 11 is 6.42. The van der Waals surface area contributed by atoms with E-state index in [0.717, 1.165) is 0 Å². The highest BCUT2D eigenvalue weighted by atomic mass is 32.2. The molecule has 0 atom stereocenters. The summed E-state index contributed by atoms with van der Waals surface area (Å²) < 4.78 is 0.513. The highest BCUT2D eigenvalue weighted by Gasteiger charge is 2.05. The average Bonchev–Trinajstić information content (AvgIpc) is 2.35. The molecule has 0 radical (unpaired) electrons. The molecular formula is C11H12N2O4S2. The third-order valence-electron chi connectivity index (χ3n) is 2.09. The van der Waals surface area contributed by atoms with Crippen LogP contribution < -0.4 is 5.32 Å². The summed E-state index contributed by atoms with van der Waals surface area (Å²) in [6.07, 6.45) is 0.662. The van der Waals surface area contributed by atoms with Crippen molar-refractivity contribution in [1.82, 2.24) is 0 Å². The van der Waals surface area contributed by atoms with Crippen LogP contribution in [-0.4, -0.2) is 26.1 Å². The number of hydrogen-bond donors (Lipinski definition) is 2. The van der Waals surface area contributed by atoms with Crippen LogP contribution in [0.2, 0.25) is 0 Å². The van der Waals surface area contributed by atoms with Gasteiger partial charge < -0.3 is 10.4 Å². The Kier molecular flexibility index (Phi) is 6.23. The minimum Gasteiger partial charge on any atom is -0.481 e. The highest BCUT2D eigenvalue weighted by molar-refractivity contribution is 8.23. The normalized spacial score (nSPS) is 9.89. The number of anilines is 1. The number of nitro groups is 1. The van der Waals surface area contributed by atoms with Gasteiger partial charge in [-0.05, 0) is 18.6 Å². The molecule has 0 amide bonds. The Morgan fingerprint density at radius 2 is 2.05 bits per heavy atom. The van der Waals surface area contributed by atoms with Crippen LogP contribution in [0.25, 0.3) is 0 Å². The fraction of sp³-hybridized carbons (Fsp3) is 0.273. The van der Waals surface area contributed by atoms with E-state index in [1.807, 2.05) is 0 Å². The van der Waals surface area contributed by atoms with Crippen molar-refractivity contribution in [2.45, 2.75) is 12.8 Å². The molecule has 8 heteroatoms. The van der Waals surface area contributed by atoms with Crippen LogP contribution in [0.15, 0.2) is 24.3 Å². The maximum Gasteiger partial charge on any atom is 0.303 e. The van der Waals surface area contributed by atoms with E-state index in [4.69, 9.17) is 17.3 Å². The summed E-state index contributed by atoms with van der Waals surface area (Å²) in [5.41, 5.74) is 0.687. The van der Waals surface area contributed by atoms with Crippen LogP contribution in [0.3, 0.4) is 0 Å². The van der Waals surface area contributed by atoms with Gasteiger partial charge >= 0.3 is 5.97 Å². The Hall–Kier alpha value is -1.67. The molecule has 0 heterocycles. The van der Waals surface area contributed by atoms with E-state index in [2.05, 4.69) is 5.32 Å². The van der Waals surface area contributed by atoms with Gasteiger partial charge in [0.25, 0.3) is 5.69 Å². The first-order chi connectivity index (χ1) is 8.99. The van der Waals surface area contributed by atoms with E-state index in [9.17, 15) is 14.9 Å². The summed E-state index contributed by atoms with van der Waals surface area (Å²) in [6.45, 7) is 0. The number of thioether (sulfide) groups is 1. The maximum absolute atomic E-state index is 10.5. The molecule has 1 aromatic carbocycles. The number of carbonyl (C=O) groups is 1. The molecular weight excluding hydrogens is 288 g/mol. The van der Waals surface area contributed by atoms with Crippen LogP contribution in [-0.2, 0) is 4.79 Å². The number of rotatable bonds is 6. The number of non-ortho nitro benzene ring substituents is 1. The smallest absolute Gasteiger partial charge is 0.303 e. The number of nitro benzene ring substituents is 1. The summed E-state index contributed by atoms with van der Waals surface area (Å²) in [7, 11) is 0. The average molecular weight is 300 g/mol. The molecule has 1 aromatic rings.